The maximum absolute atomic E-state index is 14.0. The van der Waals surface area contributed by atoms with Gasteiger partial charge in [-0.15, -0.1) is 0 Å². The lowest BCUT2D eigenvalue weighted by Crippen LogP contribution is -2.43. The van der Waals surface area contributed by atoms with Crippen LogP contribution in [-0.2, 0) is 32.6 Å². The van der Waals surface area contributed by atoms with Gasteiger partial charge in [0.25, 0.3) is 20.0 Å². The van der Waals surface area contributed by atoms with Crippen LogP contribution in [0.5, 0.6) is 0 Å². The van der Waals surface area contributed by atoms with Crippen LogP contribution in [0.2, 0.25) is 0 Å². The fourth-order valence-corrected chi connectivity index (χ4v) is 7.26. The van der Waals surface area contributed by atoms with Crippen LogP contribution in [-0.4, -0.2) is 33.3 Å². The Kier molecular flexibility index (Phi) is 8.40. The molecule has 1 atom stereocenters. The van der Waals surface area contributed by atoms with Crippen LogP contribution >= 0.6 is 0 Å². The Labute approximate surface area is 210 Å². The zero-order valence-corrected chi connectivity index (χ0v) is 20.6. The lowest BCUT2D eigenvalue weighted by atomic mass is 9.98. The van der Waals surface area contributed by atoms with Crippen LogP contribution in [0.25, 0.3) is 0 Å². The topological polar surface area (TPSA) is 71.5 Å². The first-order valence-corrected chi connectivity index (χ1v) is 13.6. The molecule has 200 valence electrons. The van der Waals surface area contributed by atoms with Gasteiger partial charge in [-0.05, 0) is 54.8 Å². The van der Waals surface area contributed by atoms with E-state index in [-0.39, 0.29) is 15.7 Å². The highest BCUT2D eigenvalue weighted by molar-refractivity contribution is 8.04. The first-order valence-electron chi connectivity index (χ1n) is 10.7. The van der Waals surface area contributed by atoms with Crippen molar-refractivity contribution in [3.05, 3.63) is 96.1 Å². The number of hydrogen-bond acceptors (Lipinski definition) is 4. The molecule has 0 aliphatic carbocycles. The largest absolute Gasteiger partial charge is 0.416 e. The van der Waals surface area contributed by atoms with Gasteiger partial charge in [0.1, 0.15) is 0 Å². The molecule has 3 rings (SSSR count). The zero-order chi connectivity index (χ0) is 27.5. The molecule has 0 bridgehead atoms. The van der Waals surface area contributed by atoms with Crippen molar-refractivity contribution in [2.24, 2.45) is 5.92 Å². The molecule has 0 saturated heterocycles. The van der Waals surface area contributed by atoms with Crippen molar-refractivity contribution in [3.8, 4) is 0 Å². The minimum absolute atomic E-state index is 0.144. The third-order valence-electron chi connectivity index (χ3n) is 5.51. The normalized spacial score (nSPS) is 14.0. The Balaban J connectivity index is 1.98. The van der Waals surface area contributed by atoms with Gasteiger partial charge in [0, 0.05) is 6.54 Å². The van der Waals surface area contributed by atoms with Gasteiger partial charge in [-0.25, -0.2) is 16.8 Å². The molecule has 3 aromatic carbocycles. The first-order chi connectivity index (χ1) is 17.1. The van der Waals surface area contributed by atoms with Gasteiger partial charge in [0.15, 0.2) is 0 Å². The minimum Gasteiger partial charge on any atom is -0.206 e. The number of benzene rings is 3. The summed E-state index contributed by atoms with van der Waals surface area (Å²) in [5.74, 6) is -2.44. The predicted molar refractivity (Wildman–Crippen MR) is 123 cm³/mol. The van der Waals surface area contributed by atoms with E-state index in [1.165, 1.54) is 36.4 Å². The highest BCUT2D eigenvalue weighted by Gasteiger charge is 2.46. The summed E-state index contributed by atoms with van der Waals surface area (Å²) >= 11 is 0. The lowest BCUT2D eigenvalue weighted by molar-refractivity contribution is -0.176. The Morgan fingerprint density at radius 2 is 1.08 bits per heavy atom. The second kappa shape index (κ2) is 10.8. The van der Waals surface area contributed by atoms with Gasteiger partial charge in [-0.2, -0.15) is 26.3 Å². The molecule has 5 nitrogen and oxygen atoms in total. The Hall–Kier alpha value is -2.90. The molecule has 0 aliphatic rings. The molecule has 1 unspecified atom stereocenters. The van der Waals surface area contributed by atoms with Crippen molar-refractivity contribution >= 4 is 20.0 Å². The first kappa shape index (κ1) is 28.7. The maximum atomic E-state index is 14.0. The van der Waals surface area contributed by atoms with E-state index >= 15 is 0 Å². The monoisotopic (exact) mass is 565 g/mol. The molecule has 0 spiro atoms. The third kappa shape index (κ3) is 6.90. The summed E-state index contributed by atoms with van der Waals surface area (Å²) in [6, 6.07) is 15.9. The predicted octanol–water partition coefficient (Wildman–Crippen LogP) is 5.90. The van der Waals surface area contributed by atoms with Crippen LogP contribution in [0.15, 0.2) is 94.7 Å². The molecular formula is C24H21F6NO4S2. The van der Waals surface area contributed by atoms with Gasteiger partial charge < -0.3 is 0 Å². The zero-order valence-electron chi connectivity index (χ0n) is 18.9. The molecule has 0 fully saturated rings. The van der Waals surface area contributed by atoms with E-state index in [0.29, 0.717) is 0 Å². The van der Waals surface area contributed by atoms with Crippen LogP contribution in [0.4, 0.5) is 26.3 Å². The van der Waals surface area contributed by atoms with Crippen LogP contribution in [0.1, 0.15) is 17.5 Å². The number of sulfonamides is 2. The second-order valence-electron chi connectivity index (χ2n) is 8.06. The van der Waals surface area contributed by atoms with Crippen molar-refractivity contribution in [3.63, 3.8) is 0 Å². The van der Waals surface area contributed by atoms with Crippen LogP contribution < -0.4 is 0 Å². The van der Waals surface area contributed by atoms with Gasteiger partial charge in [0.2, 0.25) is 0 Å². The molecule has 13 heteroatoms. The summed E-state index contributed by atoms with van der Waals surface area (Å²) in [7, 11) is -9.89. The molecule has 3 aromatic rings. The standard InChI is InChI=1S/C24H21F6NO4S2/c25-23(26,27)19-14-11-18(12-15-19)13-16-20(24(28,29)30)17-31(36(32,33)21-7-3-1-4-8-21)37(34,35)22-9-5-2-6-10-22/h1-12,14-15,20H,13,16-17H2. The fourth-order valence-electron chi connectivity index (χ4n) is 3.49. The van der Waals surface area contributed by atoms with E-state index in [2.05, 4.69) is 0 Å². The molecule has 37 heavy (non-hydrogen) atoms. The second-order valence-corrected chi connectivity index (χ2v) is 12.0. The fraction of sp³-hybridized carbons (Fsp3) is 0.250. The molecule has 0 aliphatic heterocycles. The average molecular weight is 566 g/mol. The smallest absolute Gasteiger partial charge is 0.206 e. The van der Waals surface area contributed by atoms with Gasteiger partial charge >= 0.3 is 12.4 Å². The van der Waals surface area contributed by atoms with Crippen molar-refractivity contribution in [1.29, 1.82) is 0 Å². The van der Waals surface area contributed by atoms with E-state index in [1.54, 1.807) is 0 Å². The number of rotatable bonds is 9. The third-order valence-corrected chi connectivity index (χ3v) is 9.80. The maximum Gasteiger partial charge on any atom is 0.416 e. The molecule has 0 N–H and O–H groups in total. The average Bonchev–Trinajstić information content (AvgIpc) is 2.83. The highest BCUT2D eigenvalue weighted by atomic mass is 32.3. The summed E-state index contributed by atoms with van der Waals surface area (Å²) in [6.07, 6.45) is -10.8. The van der Waals surface area contributed by atoms with Gasteiger partial charge in [-0.3, -0.25) is 0 Å². The van der Waals surface area contributed by atoms with Gasteiger partial charge in [-0.1, -0.05) is 52.2 Å². The summed E-state index contributed by atoms with van der Waals surface area (Å²) in [6.45, 7) is -1.45. The number of halogens is 6. The van der Waals surface area contributed by atoms with E-state index in [9.17, 15) is 43.2 Å². The number of aryl methyl sites for hydroxylation is 1. The SMILES string of the molecule is O=S(=O)(c1ccccc1)N(CC(CCc1ccc(C(F)(F)F)cc1)C(F)(F)F)S(=O)(=O)c1ccccc1. The van der Waals surface area contributed by atoms with Gasteiger partial charge in [0.05, 0.1) is 21.3 Å². The molecule has 0 heterocycles. The van der Waals surface area contributed by atoms with Crippen molar-refractivity contribution in [2.75, 3.05) is 6.54 Å². The molecular weight excluding hydrogens is 544 g/mol. The molecule has 0 radical (unpaired) electrons. The minimum atomic E-state index is -5.01. The lowest BCUT2D eigenvalue weighted by Gasteiger charge is -2.28. The van der Waals surface area contributed by atoms with Crippen molar-refractivity contribution < 1.29 is 43.2 Å². The summed E-state index contributed by atoms with van der Waals surface area (Å²) in [4.78, 5) is -1.03. The van der Waals surface area contributed by atoms with E-state index in [4.69, 9.17) is 0 Å². The Morgan fingerprint density at radius 3 is 1.46 bits per heavy atom. The number of nitrogens with zero attached hydrogens (tertiary/aromatic N) is 1. The van der Waals surface area contributed by atoms with Crippen LogP contribution in [0.3, 0.4) is 0 Å². The quantitative estimate of drug-likeness (QED) is 0.303. The molecule has 0 amide bonds. The summed E-state index contributed by atoms with van der Waals surface area (Å²) in [5.41, 5.74) is -0.830. The summed E-state index contributed by atoms with van der Waals surface area (Å²) < 4.78 is 133. The van der Waals surface area contributed by atoms with E-state index < -0.39 is 66.6 Å². The Bertz CT molecular complexity index is 1320. The molecule has 0 saturated carbocycles. The number of hydrogen-bond donors (Lipinski definition) is 0. The summed E-state index contributed by atoms with van der Waals surface area (Å²) in [5, 5.41) is 0. The molecule has 0 aromatic heterocycles. The number of alkyl halides is 6. The van der Waals surface area contributed by atoms with E-state index in [0.717, 1.165) is 48.5 Å². The van der Waals surface area contributed by atoms with Crippen molar-refractivity contribution in [1.82, 2.24) is 3.71 Å². The van der Waals surface area contributed by atoms with Crippen LogP contribution in [0, 0.1) is 5.92 Å². The highest BCUT2D eigenvalue weighted by Crippen LogP contribution is 2.35. The van der Waals surface area contributed by atoms with E-state index in [1.807, 2.05) is 0 Å². The Morgan fingerprint density at radius 1 is 0.649 bits per heavy atom. The van der Waals surface area contributed by atoms with Crippen molar-refractivity contribution in [2.45, 2.75) is 35.0 Å².